The van der Waals surface area contributed by atoms with Crippen LogP contribution in [-0.2, 0) is 4.79 Å². The maximum atomic E-state index is 11.8. The Hall–Kier alpha value is -1.63. The van der Waals surface area contributed by atoms with Gasteiger partial charge in [0.2, 0.25) is 5.91 Å². The first-order chi connectivity index (χ1) is 8.38. The van der Waals surface area contributed by atoms with Gasteiger partial charge >= 0.3 is 6.18 Å². The standard InChI is InChI=1S/C11H14F3N3O/c1-8(9-4-2-3-5-15-9)16-6-10(18)17-7-11(12,13)14/h2-5,8,16H,6-7H2,1H3,(H,17,18)/t8-/m1/s1. The number of aromatic nitrogens is 1. The van der Waals surface area contributed by atoms with E-state index in [0.29, 0.717) is 0 Å². The zero-order valence-electron chi connectivity index (χ0n) is 9.79. The fourth-order valence-electron chi connectivity index (χ4n) is 1.24. The molecule has 1 atom stereocenters. The van der Waals surface area contributed by atoms with Crippen molar-refractivity contribution in [2.24, 2.45) is 0 Å². The summed E-state index contributed by atoms with van der Waals surface area (Å²) in [5.74, 6) is -0.699. The molecule has 0 unspecified atom stereocenters. The van der Waals surface area contributed by atoms with E-state index >= 15 is 0 Å². The quantitative estimate of drug-likeness (QED) is 0.842. The van der Waals surface area contributed by atoms with Crippen LogP contribution in [0.3, 0.4) is 0 Å². The van der Waals surface area contributed by atoms with E-state index in [4.69, 9.17) is 0 Å². The molecular formula is C11H14F3N3O. The maximum Gasteiger partial charge on any atom is 0.405 e. The molecule has 1 rings (SSSR count). The van der Waals surface area contributed by atoms with Crippen LogP contribution in [0.4, 0.5) is 13.2 Å². The number of halogens is 3. The number of hydrogen-bond donors (Lipinski definition) is 2. The zero-order chi connectivity index (χ0) is 13.6. The molecule has 0 aliphatic rings. The predicted molar refractivity (Wildman–Crippen MR) is 59.7 cm³/mol. The van der Waals surface area contributed by atoms with Gasteiger partial charge in [-0.3, -0.25) is 9.78 Å². The van der Waals surface area contributed by atoms with Crippen LogP contribution in [0.25, 0.3) is 0 Å². The number of rotatable bonds is 5. The fourth-order valence-corrected chi connectivity index (χ4v) is 1.24. The van der Waals surface area contributed by atoms with Crippen LogP contribution in [-0.4, -0.2) is 30.2 Å². The number of carbonyl (C=O) groups is 1. The fraction of sp³-hybridized carbons (Fsp3) is 0.455. The molecule has 1 aromatic heterocycles. The summed E-state index contributed by atoms with van der Waals surface area (Å²) in [6.07, 6.45) is -2.78. The smallest absolute Gasteiger partial charge is 0.346 e. The molecule has 1 aromatic rings. The summed E-state index contributed by atoms with van der Waals surface area (Å²) < 4.78 is 35.5. The van der Waals surface area contributed by atoms with Gasteiger partial charge in [-0.15, -0.1) is 0 Å². The molecule has 0 aliphatic carbocycles. The largest absolute Gasteiger partial charge is 0.405 e. The average Bonchev–Trinajstić information content (AvgIpc) is 2.33. The predicted octanol–water partition coefficient (Wildman–Crippen LogP) is 1.41. The van der Waals surface area contributed by atoms with Crippen LogP contribution in [0, 0.1) is 0 Å². The highest BCUT2D eigenvalue weighted by molar-refractivity contribution is 5.78. The Morgan fingerprint density at radius 2 is 2.17 bits per heavy atom. The van der Waals surface area contributed by atoms with Gasteiger partial charge in [-0.05, 0) is 19.1 Å². The van der Waals surface area contributed by atoms with Gasteiger partial charge in [0.15, 0.2) is 0 Å². The Bertz CT molecular complexity index is 381. The minimum Gasteiger partial charge on any atom is -0.346 e. The molecule has 100 valence electrons. The SMILES string of the molecule is C[C@@H](NCC(=O)NCC(F)(F)F)c1ccccn1. The molecule has 0 saturated carbocycles. The van der Waals surface area contributed by atoms with Gasteiger partial charge in [0.1, 0.15) is 6.54 Å². The molecular weight excluding hydrogens is 247 g/mol. The highest BCUT2D eigenvalue weighted by Crippen LogP contribution is 2.12. The maximum absolute atomic E-state index is 11.8. The van der Waals surface area contributed by atoms with Crippen molar-refractivity contribution in [2.45, 2.75) is 19.1 Å². The van der Waals surface area contributed by atoms with Crippen molar-refractivity contribution < 1.29 is 18.0 Å². The highest BCUT2D eigenvalue weighted by atomic mass is 19.4. The van der Waals surface area contributed by atoms with E-state index in [1.54, 1.807) is 36.6 Å². The topological polar surface area (TPSA) is 54.0 Å². The van der Waals surface area contributed by atoms with E-state index in [2.05, 4.69) is 10.3 Å². The number of hydrogen-bond acceptors (Lipinski definition) is 3. The highest BCUT2D eigenvalue weighted by Gasteiger charge is 2.27. The van der Waals surface area contributed by atoms with Crippen LogP contribution >= 0.6 is 0 Å². The first-order valence-corrected chi connectivity index (χ1v) is 5.36. The van der Waals surface area contributed by atoms with Crippen molar-refractivity contribution in [1.82, 2.24) is 15.6 Å². The lowest BCUT2D eigenvalue weighted by molar-refractivity contribution is -0.137. The van der Waals surface area contributed by atoms with Gasteiger partial charge in [-0.2, -0.15) is 13.2 Å². The molecule has 1 amide bonds. The van der Waals surface area contributed by atoms with Gasteiger partial charge in [0.05, 0.1) is 12.2 Å². The van der Waals surface area contributed by atoms with Gasteiger partial charge in [0.25, 0.3) is 0 Å². The number of amides is 1. The summed E-state index contributed by atoms with van der Waals surface area (Å²) in [5, 5.41) is 4.58. The van der Waals surface area contributed by atoms with Crippen molar-refractivity contribution in [1.29, 1.82) is 0 Å². The van der Waals surface area contributed by atoms with E-state index in [0.717, 1.165) is 5.69 Å². The third kappa shape index (κ3) is 5.62. The number of alkyl halides is 3. The summed E-state index contributed by atoms with van der Waals surface area (Å²) in [7, 11) is 0. The van der Waals surface area contributed by atoms with Gasteiger partial charge < -0.3 is 10.6 Å². The van der Waals surface area contributed by atoms with Crippen LogP contribution in [0.1, 0.15) is 18.7 Å². The van der Waals surface area contributed by atoms with Crippen LogP contribution in [0.2, 0.25) is 0 Å². The Kier molecular flexibility index (Phi) is 5.08. The lowest BCUT2D eigenvalue weighted by Gasteiger charge is -2.13. The Labute approximate surface area is 103 Å². The van der Waals surface area contributed by atoms with E-state index in [1.807, 2.05) is 0 Å². The lowest BCUT2D eigenvalue weighted by atomic mass is 10.2. The van der Waals surface area contributed by atoms with Gasteiger partial charge in [0, 0.05) is 12.2 Å². The number of pyridine rings is 1. The Morgan fingerprint density at radius 1 is 1.44 bits per heavy atom. The van der Waals surface area contributed by atoms with Crippen molar-refractivity contribution in [3.63, 3.8) is 0 Å². The van der Waals surface area contributed by atoms with Gasteiger partial charge in [-0.1, -0.05) is 6.07 Å². The Balaban J connectivity index is 2.31. The van der Waals surface area contributed by atoms with Crippen LogP contribution in [0.5, 0.6) is 0 Å². The first kappa shape index (κ1) is 14.4. The number of nitrogens with zero attached hydrogens (tertiary/aromatic N) is 1. The Morgan fingerprint density at radius 3 is 2.72 bits per heavy atom. The van der Waals surface area contributed by atoms with E-state index in [9.17, 15) is 18.0 Å². The van der Waals surface area contributed by atoms with E-state index in [1.165, 1.54) is 0 Å². The number of nitrogens with one attached hydrogen (secondary N) is 2. The molecule has 18 heavy (non-hydrogen) atoms. The normalized spacial score (nSPS) is 13.1. The third-order valence-electron chi connectivity index (χ3n) is 2.19. The second-order valence-corrected chi connectivity index (χ2v) is 3.75. The van der Waals surface area contributed by atoms with Crippen molar-refractivity contribution in [3.8, 4) is 0 Å². The molecule has 2 N–H and O–H groups in total. The molecule has 0 saturated heterocycles. The van der Waals surface area contributed by atoms with Crippen molar-refractivity contribution in [3.05, 3.63) is 30.1 Å². The minimum atomic E-state index is -4.39. The van der Waals surface area contributed by atoms with Gasteiger partial charge in [-0.25, -0.2) is 0 Å². The molecule has 4 nitrogen and oxygen atoms in total. The second-order valence-electron chi connectivity index (χ2n) is 3.75. The summed E-state index contributed by atoms with van der Waals surface area (Å²) in [4.78, 5) is 15.2. The molecule has 0 fully saturated rings. The zero-order valence-corrected chi connectivity index (χ0v) is 9.79. The third-order valence-corrected chi connectivity index (χ3v) is 2.19. The molecule has 0 aliphatic heterocycles. The summed E-state index contributed by atoms with van der Waals surface area (Å²) in [6.45, 7) is 0.276. The van der Waals surface area contributed by atoms with Crippen LogP contribution < -0.4 is 10.6 Å². The second kappa shape index (κ2) is 6.34. The van der Waals surface area contributed by atoms with E-state index < -0.39 is 18.6 Å². The minimum absolute atomic E-state index is 0.187. The molecule has 0 aromatic carbocycles. The molecule has 0 radical (unpaired) electrons. The summed E-state index contributed by atoms with van der Waals surface area (Å²) in [6, 6.07) is 5.12. The monoisotopic (exact) mass is 261 g/mol. The summed E-state index contributed by atoms with van der Waals surface area (Å²) >= 11 is 0. The van der Waals surface area contributed by atoms with Crippen LogP contribution in [0.15, 0.2) is 24.4 Å². The molecule has 1 heterocycles. The molecule has 0 bridgehead atoms. The molecule has 0 spiro atoms. The number of carbonyl (C=O) groups excluding carboxylic acids is 1. The first-order valence-electron chi connectivity index (χ1n) is 5.36. The van der Waals surface area contributed by atoms with Crippen molar-refractivity contribution in [2.75, 3.05) is 13.1 Å². The van der Waals surface area contributed by atoms with E-state index in [-0.39, 0.29) is 12.6 Å². The summed E-state index contributed by atoms with van der Waals surface area (Å²) in [5.41, 5.74) is 0.723. The molecule has 7 heteroatoms. The average molecular weight is 261 g/mol. The van der Waals surface area contributed by atoms with Crippen molar-refractivity contribution >= 4 is 5.91 Å². The lowest BCUT2D eigenvalue weighted by Crippen LogP contribution is -2.39.